The molecule has 10 heavy (non-hydrogen) atoms. The number of methoxy groups -OCH3 is 1. The minimum atomic E-state index is -0.638. The molecule has 0 aromatic rings. The van der Waals surface area contributed by atoms with E-state index < -0.39 is 6.16 Å². The summed E-state index contributed by atoms with van der Waals surface area (Å²) in [6.07, 6.45) is 4.01. The maximum atomic E-state index is 10.3. The third kappa shape index (κ3) is 5.15. The number of carbonyl (C=O) groups excluding carboxylic acids is 1. The van der Waals surface area contributed by atoms with E-state index in [9.17, 15) is 4.79 Å². The molecule has 0 aliphatic carbocycles. The molecule has 0 spiro atoms. The molecule has 0 N–H and O–H groups in total. The zero-order valence-electron chi connectivity index (χ0n) is 6.29. The minimum Gasteiger partial charge on any atom is -0.438 e. The van der Waals surface area contributed by atoms with Crippen molar-refractivity contribution in [1.29, 1.82) is 0 Å². The summed E-state index contributed by atoms with van der Waals surface area (Å²) in [4.78, 5) is 10.3. The molecule has 0 unspecified atom stereocenters. The Morgan fingerprint density at radius 1 is 1.50 bits per heavy atom. The molecule has 0 atom stereocenters. The van der Waals surface area contributed by atoms with Crippen LogP contribution >= 0.6 is 0 Å². The van der Waals surface area contributed by atoms with Crippen LogP contribution in [0.1, 0.15) is 13.3 Å². The van der Waals surface area contributed by atoms with E-state index in [0.717, 1.165) is 6.42 Å². The van der Waals surface area contributed by atoms with Gasteiger partial charge in [-0.2, -0.15) is 0 Å². The Labute approximate surface area is 60.6 Å². The van der Waals surface area contributed by atoms with Gasteiger partial charge in [-0.15, -0.1) is 0 Å². The van der Waals surface area contributed by atoms with Crippen molar-refractivity contribution >= 4 is 6.16 Å². The topological polar surface area (TPSA) is 35.5 Å². The van der Waals surface area contributed by atoms with Gasteiger partial charge in [-0.05, 0) is 6.42 Å². The van der Waals surface area contributed by atoms with Crippen molar-refractivity contribution in [3.8, 4) is 0 Å². The summed E-state index contributed by atoms with van der Waals surface area (Å²) in [6, 6.07) is 0. The third-order valence-corrected chi connectivity index (χ3v) is 0.866. The number of rotatable bonds is 3. The van der Waals surface area contributed by atoms with Gasteiger partial charge in [0, 0.05) is 0 Å². The second kappa shape index (κ2) is 6.13. The molecule has 0 aromatic heterocycles. The van der Waals surface area contributed by atoms with E-state index in [-0.39, 0.29) is 0 Å². The molecular weight excluding hydrogens is 132 g/mol. The highest BCUT2D eigenvalue weighted by Crippen LogP contribution is 1.84. The molecule has 0 amide bonds. The lowest BCUT2D eigenvalue weighted by Crippen LogP contribution is -2.03. The number of allylic oxidation sites excluding steroid dienone is 1. The largest absolute Gasteiger partial charge is 0.508 e. The SMILES string of the molecule is CC/C=C/COC(=O)OC. The molecule has 0 heterocycles. The van der Waals surface area contributed by atoms with E-state index >= 15 is 0 Å². The van der Waals surface area contributed by atoms with E-state index in [0.29, 0.717) is 6.61 Å². The van der Waals surface area contributed by atoms with Crippen LogP contribution < -0.4 is 0 Å². The van der Waals surface area contributed by atoms with Crippen LogP contribution in [0.2, 0.25) is 0 Å². The normalized spacial score (nSPS) is 9.80. The zero-order valence-corrected chi connectivity index (χ0v) is 6.29. The lowest BCUT2D eigenvalue weighted by molar-refractivity contribution is 0.0817. The van der Waals surface area contributed by atoms with E-state index in [2.05, 4.69) is 9.47 Å². The average Bonchev–Trinajstić information content (AvgIpc) is 1.98. The molecule has 0 saturated carbocycles. The molecule has 0 radical (unpaired) electrons. The van der Waals surface area contributed by atoms with E-state index in [1.54, 1.807) is 6.08 Å². The van der Waals surface area contributed by atoms with Gasteiger partial charge in [-0.3, -0.25) is 0 Å². The van der Waals surface area contributed by atoms with Crippen molar-refractivity contribution in [2.24, 2.45) is 0 Å². The van der Waals surface area contributed by atoms with Gasteiger partial charge >= 0.3 is 6.16 Å². The summed E-state index contributed by atoms with van der Waals surface area (Å²) in [6.45, 7) is 2.30. The van der Waals surface area contributed by atoms with Gasteiger partial charge in [-0.25, -0.2) is 4.79 Å². The van der Waals surface area contributed by atoms with Gasteiger partial charge in [0.2, 0.25) is 0 Å². The van der Waals surface area contributed by atoms with Crippen molar-refractivity contribution in [3.05, 3.63) is 12.2 Å². The van der Waals surface area contributed by atoms with E-state index in [1.165, 1.54) is 7.11 Å². The summed E-state index contributed by atoms with van der Waals surface area (Å²) in [5.41, 5.74) is 0. The fraction of sp³-hybridized carbons (Fsp3) is 0.571. The predicted octanol–water partition coefficient (Wildman–Crippen LogP) is 1.74. The molecule has 0 aliphatic heterocycles. The summed E-state index contributed by atoms with van der Waals surface area (Å²) in [7, 11) is 1.28. The second-order valence-electron chi connectivity index (χ2n) is 1.64. The summed E-state index contributed by atoms with van der Waals surface area (Å²) in [5.74, 6) is 0. The Balaban J connectivity index is 3.19. The van der Waals surface area contributed by atoms with Crippen molar-refractivity contribution in [1.82, 2.24) is 0 Å². The maximum Gasteiger partial charge on any atom is 0.508 e. The summed E-state index contributed by atoms with van der Waals surface area (Å²) < 4.78 is 8.78. The van der Waals surface area contributed by atoms with Crippen LogP contribution in [0.3, 0.4) is 0 Å². The number of hydrogen-bond acceptors (Lipinski definition) is 3. The van der Waals surface area contributed by atoms with Crippen LogP contribution in [0.15, 0.2) is 12.2 Å². The Morgan fingerprint density at radius 2 is 2.20 bits per heavy atom. The van der Waals surface area contributed by atoms with E-state index in [4.69, 9.17) is 0 Å². The monoisotopic (exact) mass is 144 g/mol. The molecular formula is C7H12O3. The standard InChI is InChI=1S/C7H12O3/c1-3-4-5-6-10-7(8)9-2/h4-5H,3,6H2,1-2H3/b5-4+. The molecule has 58 valence electrons. The molecule has 0 fully saturated rings. The minimum absolute atomic E-state index is 0.292. The van der Waals surface area contributed by atoms with Crippen LogP contribution in [0.25, 0.3) is 0 Å². The highest BCUT2D eigenvalue weighted by molar-refractivity contribution is 5.59. The Kier molecular flexibility index (Phi) is 5.53. The zero-order chi connectivity index (χ0) is 7.82. The molecule has 0 aromatic carbocycles. The Hall–Kier alpha value is -0.990. The van der Waals surface area contributed by atoms with Crippen molar-refractivity contribution in [3.63, 3.8) is 0 Å². The molecule has 3 heteroatoms. The summed E-state index contributed by atoms with van der Waals surface area (Å²) in [5, 5.41) is 0. The van der Waals surface area contributed by atoms with Gasteiger partial charge in [0.05, 0.1) is 7.11 Å². The van der Waals surface area contributed by atoms with Crippen molar-refractivity contribution in [2.75, 3.05) is 13.7 Å². The first-order valence-electron chi connectivity index (χ1n) is 3.17. The predicted molar refractivity (Wildman–Crippen MR) is 37.8 cm³/mol. The van der Waals surface area contributed by atoms with Crippen LogP contribution in [0, 0.1) is 0 Å². The molecule has 3 nitrogen and oxygen atoms in total. The van der Waals surface area contributed by atoms with Gasteiger partial charge in [-0.1, -0.05) is 19.1 Å². The van der Waals surface area contributed by atoms with Crippen molar-refractivity contribution in [2.45, 2.75) is 13.3 Å². The number of hydrogen-bond donors (Lipinski definition) is 0. The number of ether oxygens (including phenoxy) is 2. The van der Waals surface area contributed by atoms with Gasteiger partial charge in [0.15, 0.2) is 0 Å². The fourth-order valence-electron chi connectivity index (χ4n) is 0.410. The summed E-state index contributed by atoms with van der Waals surface area (Å²) >= 11 is 0. The first kappa shape index (κ1) is 9.01. The lowest BCUT2D eigenvalue weighted by Gasteiger charge is -1.96. The molecule has 0 aliphatic rings. The van der Waals surface area contributed by atoms with Crippen LogP contribution in [0.4, 0.5) is 4.79 Å². The fourth-order valence-corrected chi connectivity index (χ4v) is 0.410. The first-order valence-corrected chi connectivity index (χ1v) is 3.17. The van der Waals surface area contributed by atoms with Crippen LogP contribution in [0.5, 0.6) is 0 Å². The molecule has 0 saturated heterocycles. The maximum absolute atomic E-state index is 10.3. The third-order valence-electron chi connectivity index (χ3n) is 0.866. The Morgan fingerprint density at radius 3 is 2.70 bits per heavy atom. The quantitative estimate of drug-likeness (QED) is 0.447. The molecule has 0 rings (SSSR count). The lowest BCUT2D eigenvalue weighted by atomic mass is 10.4. The van der Waals surface area contributed by atoms with Gasteiger partial charge in [0.25, 0.3) is 0 Å². The molecule has 0 bridgehead atoms. The highest BCUT2D eigenvalue weighted by Gasteiger charge is 1.94. The van der Waals surface area contributed by atoms with Crippen LogP contribution in [-0.4, -0.2) is 19.9 Å². The average molecular weight is 144 g/mol. The smallest absolute Gasteiger partial charge is 0.438 e. The number of carbonyl (C=O) groups is 1. The van der Waals surface area contributed by atoms with E-state index in [1.807, 2.05) is 13.0 Å². The first-order chi connectivity index (χ1) is 4.81. The van der Waals surface area contributed by atoms with Gasteiger partial charge < -0.3 is 9.47 Å². The second-order valence-corrected chi connectivity index (χ2v) is 1.64. The van der Waals surface area contributed by atoms with Crippen molar-refractivity contribution < 1.29 is 14.3 Å². The highest BCUT2D eigenvalue weighted by atomic mass is 16.7. The van der Waals surface area contributed by atoms with Gasteiger partial charge in [0.1, 0.15) is 6.61 Å². The Bertz CT molecular complexity index is 118. The van der Waals surface area contributed by atoms with Crippen LogP contribution in [-0.2, 0) is 9.47 Å².